The maximum absolute atomic E-state index is 11.7. The zero-order chi connectivity index (χ0) is 20.5. The third kappa shape index (κ3) is 3.50. The molecule has 4 aromatic rings. The minimum Gasteiger partial charge on any atom is -0.369 e. The summed E-state index contributed by atoms with van der Waals surface area (Å²) in [6.07, 6.45) is 4.78. The Hall–Kier alpha value is -3.72. The van der Waals surface area contributed by atoms with Gasteiger partial charge in [0.15, 0.2) is 11.5 Å². The Balaban J connectivity index is 1.40. The van der Waals surface area contributed by atoms with Crippen molar-refractivity contribution in [3.8, 4) is 11.3 Å². The second kappa shape index (κ2) is 7.60. The zero-order valence-corrected chi connectivity index (χ0v) is 16.6. The molecule has 5 rings (SSSR count). The fraction of sp³-hybridized carbons (Fsp3) is 0.238. The zero-order valence-electron chi connectivity index (χ0n) is 16.6. The summed E-state index contributed by atoms with van der Waals surface area (Å²) in [6.45, 7) is 4.23. The highest BCUT2D eigenvalue weighted by atomic mass is 16.1. The lowest BCUT2D eigenvalue weighted by Gasteiger charge is -2.34. The maximum Gasteiger partial charge on any atom is 0.248 e. The minimum absolute atomic E-state index is 0.177. The quantitative estimate of drug-likeness (QED) is 0.539. The summed E-state index contributed by atoms with van der Waals surface area (Å²) in [7, 11) is 2.16. The van der Waals surface area contributed by atoms with E-state index in [1.165, 1.54) is 18.1 Å². The van der Waals surface area contributed by atoms with Crippen LogP contribution >= 0.6 is 0 Å². The molecule has 9 heteroatoms. The van der Waals surface area contributed by atoms with Gasteiger partial charge in [0.2, 0.25) is 5.56 Å². The fourth-order valence-electron chi connectivity index (χ4n) is 3.66. The monoisotopic (exact) mass is 402 g/mol. The molecule has 1 aliphatic rings. The molecule has 1 aromatic carbocycles. The Labute approximate surface area is 173 Å². The number of pyridine rings is 1. The molecule has 9 nitrogen and oxygen atoms in total. The molecule has 1 fully saturated rings. The third-order valence-corrected chi connectivity index (χ3v) is 5.37. The van der Waals surface area contributed by atoms with Crippen LogP contribution in [0.5, 0.6) is 0 Å². The lowest BCUT2D eigenvalue weighted by molar-refractivity contribution is 0.313. The summed E-state index contributed by atoms with van der Waals surface area (Å²) in [4.78, 5) is 27.9. The number of aromatic amines is 1. The van der Waals surface area contributed by atoms with Gasteiger partial charge < -0.3 is 20.1 Å². The molecule has 30 heavy (non-hydrogen) atoms. The lowest BCUT2D eigenvalue weighted by Crippen LogP contribution is -2.44. The van der Waals surface area contributed by atoms with Crippen LogP contribution in [0, 0.1) is 0 Å². The van der Waals surface area contributed by atoms with Crippen LogP contribution in [0.25, 0.3) is 16.9 Å². The first kappa shape index (κ1) is 18.3. The Bertz CT molecular complexity index is 1220. The van der Waals surface area contributed by atoms with Crippen LogP contribution in [0.15, 0.2) is 59.9 Å². The van der Waals surface area contributed by atoms with Crippen LogP contribution in [0.3, 0.4) is 0 Å². The summed E-state index contributed by atoms with van der Waals surface area (Å²) < 4.78 is 1.68. The van der Waals surface area contributed by atoms with Crippen molar-refractivity contribution in [1.29, 1.82) is 0 Å². The SMILES string of the molecule is CN1CCN(c2ccc(Nc3ncc(-c4cc[nH]c(=O)c4)n4ncnc34)cc2)CC1. The summed E-state index contributed by atoms with van der Waals surface area (Å²) in [5.41, 5.74) is 3.99. The molecule has 0 radical (unpaired) electrons. The van der Waals surface area contributed by atoms with Gasteiger partial charge in [0, 0.05) is 55.4 Å². The summed E-state index contributed by atoms with van der Waals surface area (Å²) in [6, 6.07) is 11.7. The number of anilines is 3. The van der Waals surface area contributed by atoms with E-state index in [1.54, 1.807) is 16.9 Å². The van der Waals surface area contributed by atoms with Crippen molar-refractivity contribution < 1.29 is 0 Å². The summed E-state index contributed by atoms with van der Waals surface area (Å²) >= 11 is 0. The summed E-state index contributed by atoms with van der Waals surface area (Å²) in [5, 5.41) is 7.64. The number of rotatable bonds is 4. The molecule has 2 N–H and O–H groups in total. The van der Waals surface area contributed by atoms with Gasteiger partial charge >= 0.3 is 0 Å². The van der Waals surface area contributed by atoms with Gasteiger partial charge in [-0.3, -0.25) is 4.79 Å². The van der Waals surface area contributed by atoms with Gasteiger partial charge in [-0.25, -0.2) is 14.5 Å². The van der Waals surface area contributed by atoms with E-state index in [1.807, 2.05) is 18.2 Å². The standard InChI is InChI=1S/C21H22N8O/c1-27-8-10-28(11-9-27)17-4-2-16(3-5-17)26-20-21-24-14-25-29(21)18(13-23-20)15-6-7-22-19(30)12-15/h2-7,12-14H,8-11H2,1H3,(H,22,30)(H,23,26). The second-order valence-corrected chi connectivity index (χ2v) is 7.39. The summed E-state index contributed by atoms with van der Waals surface area (Å²) in [5.74, 6) is 0.605. The molecule has 4 heterocycles. The van der Waals surface area contributed by atoms with E-state index in [4.69, 9.17) is 0 Å². The van der Waals surface area contributed by atoms with Gasteiger partial charge in [-0.1, -0.05) is 0 Å². The van der Waals surface area contributed by atoms with Gasteiger partial charge in [-0.05, 0) is 37.4 Å². The fourth-order valence-corrected chi connectivity index (χ4v) is 3.66. The largest absolute Gasteiger partial charge is 0.369 e. The first-order chi connectivity index (χ1) is 14.7. The highest BCUT2D eigenvalue weighted by Crippen LogP contribution is 2.25. The first-order valence-electron chi connectivity index (χ1n) is 9.86. The Morgan fingerprint density at radius 2 is 1.83 bits per heavy atom. The predicted molar refractivity (Wildman–Crippen MR) is 116 cm³/mol. The normalized spacial score (nSPS) is 14.9. The molecule has 0 spiro atoms. The van der Waals surface area contributed by atoms with E-state index in [0.29, 0.717) is 17.2 Å². The first-order valence-corrected chi connectivity index (χ1v) is 9.86. The number of nitrogens with zero attached hydrogens (tertiary/aromatic N) is 6. The number of piperazine rings is 1. The van der Waals surface area contributed by atoms with Crippen LogP contribution in [-0.2, 0) is 0 Å². The predicted octanol–water partition coefficient (Wildman–Crippen LogP) is 1.97. The molecular weight excluding hydrogens is 380 g/mol. The molecule has 1 saturated heterocycles. The Kier molecular flexibility index (Phi) is 4.64. The van der Waals surface area contributed by atoms with Crippen LogP contribution in [0.2, 0.25) is 0 Å². The van der Waals surface area contributed by atoms with Crippen molar-refractivity contribution in [2.45, 2.75) is 0 Å². The van der Waals surface area contributed by atoms with Crippen LogP contribution in [-0.4, -0.2) is 62.7 Å². The average molecular weight is 402 g/mol. The highest BCUT2D eigenvalue weighted by molar-refractivity contribution is 5.73. The highest BCUT2D eigenvalue weighted by Gasteiger charge is 2.15. The van der Waals surface area contributed by atoms with Gasteiger partial charge in [-0.15, -0.1) is 0 Å². The number of H-pyrrole nitrogens is 1. The Morgan fingerprint density at radius 3 is 2.60 bits per heavy atom. The van der Waals surface area contributed by atoms with Gasteiger partial charge in [0.1, 0.15) is 6.33 Å². The van der Waals surface area contributed by atoms with E-state index in [-0.39, 0.29) is 5.56 Å². The van der Waals surface area contributed by atoms with E-state index < -0.39 is 0 Å². The van der Waals surface area contributed by atoms with Gasteiger partial charge in [0.25, 0.3) is 0 Å². The van der Waals surface area contributed by atoms with Crippen molar-refractivity contribution in [2.75, 3.05) is 43.4 Å². The molecule has 0 atom stereocenters. The maximum atomic E-state index is 11.7. The molecule has 1 aliphatic heterocycles. The topological polar surface area (TPSA) is 94.4 Å². The number of hydrogen-bond acceptors (Lipinski definition) is 7. The van der Waals surface area contributed by atoms with Crippen molar-refractivity contribution in [1.82, 2.24) is 29.5 Å². The third-order valence-electron chi connectivity index (χ3n) is 5.37. The second-order valence-electron chi connectivity index (χ2n) is 7.39. The number of nitrogens with one attached hydrogen (secondary N) is 2. The van der Waals surface area contributed by atoms with E-state index >= 15 is 0 Å². The molecule has 0 amide bonds. The van der Waals surface area contributed by atoms with Crippen molar-refractivity contribution in [2.24, 2.45) is 0 Å². The number of fused-ring (bicyclic) bond motifs is 1. The number of hydrogen-bond donors (Lipinski definition) is 2. The number of aromatic nitrogens is 5. The van der Waals surface area contributed by atoms with Crippen molar-refractivity contribution >= 4 is 22.8 Å². The van der Waals surface area contributed by atoms with Crippen LogP contribution < -0.4 is 15.8 Å². The Morgan fingerprint density at radius 1 is 1.03 bits per heavy atom. The molecule has 0 saturated carbocycles. The molecule has 0 bridgehead atoms. The van der Waals surface area contributed by atoms with E-state index in [0.717, 1.165) is 37.4 Å². The lowest BCUT2D eigenvalue weighted by atomic mass is 10.2. The number of likely N-dealkylation sites (N-methyl/N-ethyl adjacent to an activating group) is 1. The van der Waals surface area contributed by atoms with Crippen LogP contribution in [0.4, 0.5) is 17.2 Å². The molecular formula is C21H22N8O. The van der Waals surface area contributed by atoms with Gasteiger partial charge in [0.05, 0.1) is 11.9 Å². The number of benzene rings is 1. The van der Waals surface area contributed by atoms with E-state index in [2.05, 4.69) is 54.3 Å². The van der Waals surface area contributed by atoms with E-state index in [9.17, 15) is 4.79 Å². The minimum atomic E-state index is -0.177. The average Bonchev–Trinajstić information content (AvgIpc) is 3.26. The van der Waals surface area contributed by atoms with Crippen molar-refractivity contribution in [3.05, 3.63) is 65.5 Å². The van der Waals surface area contributed by atoms with Crippen LogP contribution in [0.1, 0.15) is 0 Å². The van der Waals surface area contributed by atoms with Crippen molar-refractivity contribution in [3.63, 3.8) is 0 Å². The smallest absolute Gasteiger partial charge is 0.248 e. The molecule has 0 unspecified atom stereocenters. The molecule has 0 aliphatic carbocycles. The van der Waals surface area contributed by atoms with Gasteiger partial charge in [-0.2, -0.15) is 5.10 Å². The molecule has 3 aromatic heterocycles. The molecule has 152 valence electrons.